The molecule has 5 heteroatoms. The highest BCUT2D eigenvalue weighted by molar-refractivity contribution is 7.99. The van der Waals surface area contributed by atoms with Gasteiger partial charge >= 0.3 is 0 Å². The molecule has 0 bridgehead atoms. The van der Waals surface area contributed by atoms with Crippen LogP contribution in [-0.4, -0.2) is 30.8 Å². The van der Waals surface area contributed by atoms with Crippen molar-refractivity contribution in [2.75, 3.05) is 18.8 Å². The van der Waals surface area contributed by atoms with Crippen LogP contribution < -0.4 is 10.6 Å². The van der Waals surface area contributed by atoms with E-state index in [0.29, 0.717) is 6.54 Å². The highest BCUT2D eigenvalue weighted by Gasteiger charge is 2.19. The monoisotopic (exact) mass is 296 g/mol. The van der Waals surface area contributed by atoms with Crippen LogP contribution in [0.2, 0.25) is 0 Å². The van der Waals surface area contributed by atoms with Gasteiger partial charge in [0.1, 0.15) is 5.82 Å². The topological polar surface area (TPSA) is 41.1 Å². The Balaban J connectivity index is 1.57. The highest BCUT2D eigenvalue weighted by Crippen LogP contribution is 2.18. The number of thioether (sulfide) groups is 1. The SMILES string of the molecule is O=C(NCCCSc1ccc(F)cc1)C1CCCCN1. The Hall–Kier alpha value is -1.07. The van der Waals surface area contributed by atoms with E-state index in [4.69, 9.17) is 0 Å². The van der Waals surface area contributed by atoms with Crippen LogP contribution in [0.25, 0.3) is 0 Å². The Kier molecular flexibility index (Phi) is 6.33. The first-order valence-corrected chi connectivity index (χ1v) is 8.14. The largest absolute Gasteiger partial charge is 0.355 e. The third-order valence-corrected chi connectivity index (χ3v) is 4.43. The Morgan fingerprint density at radius 1 is 1.35 bits per heavy atom. The van der Waals surface area contributed by atoms with E-state index < -0.39 is 0 Å². The standard InChI is InChI=1S/C15H21FN2OS/c16-12-5-7-13(8-6-12)20-11-3-10-18-15(19)14-4-1-2-9-17-14/h5-8,14,17H,1-4,9-11H2,(H,18,19). The van der Waals surface area contributed by atoms with Crippen LogP contribution in [0.3, 0.4) is 0 Å². The van der Waals surface area contributed by atoms with Gasteiger partial charge in [-0.1, -0.05) is 6.42 Å². The van der Waals surface area contributed by atoms with Crippen LogP contribution in [0, 0.1) is 5.82 Å². The molecule has 1 aromatic rings. The van der Waals surface area contributed by atoms with Gasteiger partial charge in [-0.2, -0.15) is 0 Å². The van der Waals surface area contributed by atoms with E-state index in [0.717, 1.165) is 42.9 Å². The number of amides is 1. The second-order valence-corrected chi connectivity index (χ2v) is 6.12. The predicted octanol–water partition coefficient (Wildman–Crippen LogP) is 2.57. The molecule has 1 atom stereocenters. The van der Waals surface area contributed by atoms with Crippen molar-refractivity contribution >= 4 is 17.7 Å². The lowest BCUT2D eigenvalue weighted by molar-refractivity contribution is -0.123. The quantitative estimate of drug-likeness (QED) is 0.626. The van der Waals surface area contributed by atoms with Gasteiger partial charge in [-0.3, -0.25) is 4.79 Å². The molecule has 2 rings (SSSR count). The van der Waals surface area contributed by atoms with Crippen molar-refractivity contribution in [2.45, 2.75) is 36.6 Å². The smallest absolute Gasteiger partial charge is 0.237 e. The zero-order valence-corrected chi connectivity index (χ0v) is 12.3. The molecule has 0 aliphatic carbocycles. The zero-order chi connectivity index (χ0) is 14.2. The number of benzene rings is 1. The second kappa shape index (κ2) is 8.27. The van der Waals surface area contributed by atoms with E-state index >= 15 is 0 Å². The average Bonchev–Trinajstić information content (AvgIpc) is 2.49. The molecule has 1 aliphatic heterocycles. The van der Waals surface area contributed by atoms with E-state index in [1.54, 1.807) is 23.9 Å². The van der Waals surface area contributed by atoms with Gasteiger partial charge in [-0.05, 0) is 55.8 Å². The molecule has 1 unspecified atom stereocenters. The van der Waals surface area contributed by atoms with E-state index in [2.05, 4.69) is 10.6 Å². The summed E-state index contributed by atoms with van der Waals surface area (Å²) in [5, 5.41) is 6.21. The van der Waals surface area contributed by atoms with Gasteiger partial charge in [0, 0.05) is 11.4 Å². The van der Waals surface area contributed by atoms with Crippen molar-refractivity contribution in [1.29, 1.82) is 0 Å². The molecule has 20 heavy (non-hydrogen) atoms. The number of halogens is 1. The summed E-state index contributed by atoms with van der Waals surface area (Å²) in [6.07, 6.45) is 4.15. The van der Waals surface area contributed by atoms with Gasteiger partial charge in [0.2, 0.25) is 5.91 Å². The van der Waals surface area contributed by atoms with Crippen molar-refractivity contribution in [3.8, 4) is 0 Å². The molecule has 3 nitrogen and oxygen atoms in total. The highest BCUT2D eigenvalue weighted by atomic mass is 32.2. The molecule has 1 aromatic carbocycles. The van der Waals surface area contributed by atoms with E-state index in [-0.39, 0.29) is 17.8 Å². The van der Waals surface area contributed by atoms with Crippen LogP contribution in [0.1, 0.15) is 25.7 Å². The minimum atomic E-state index is -0.207. The maximum Gasteiger partial charge on any atom is 0.237 e. The normalized spacial score (nSPS) is 18.8. The van der Waals surface area contributed by atoms with Crippen LogP contribution in [0.5, 0.6) is 0 Å². The minimum absolute atomic E-state index is 0.00602. The lowest BCUT2D eigenvalue weighted by Gasteiger charge is -2.22. The van der Waals surface area contributed by atoms with Gasteiger partial charge in [0.05, 0.1) is 6.04 Å². The first-order valence-electron chi connectivity index (χ1n) is 7.15. The summed E-state index contributed by atoms with van der Waals surface area (Å²) in [6, 6.07) is 6.50. The number of rotatable bonds is 6. The summed E-state index contributed by atoms with van der Waals surface area (Å²) in [5.41, 5.74) is 0. The third kappa shape index (κ3) is 5.13. The Morgan fingerprint density at radius 3 is 2.85 bits per heavy atom. The van der Waals surface area contributed by atoms with Gasteiger partial charge < -0.3 is 10.6 Å². The maximum absolute atomic E-state index is 12.7. The van der Waals surface area contributed by atoms with Crippen LogP contribution >= 0.6 is 11.8 Å². The summed E-state index contributed by atoms with van der Waals surface area (Å²) in [7, 11) is 0. The molecular weight excluding hydrogens is 275 g/mol. The van der Waals surface area contributed by atoms with Crippen molar-refractivity contribution in [3.05, 3.63) is 30.1 Å². The van der Waals surface area contributed by atoms with Crippen molar-refractivity contribution in [1.82, 2.24) is 10.6 Å². The second-order valence-electron chi connectivity index (χ2n) is 4.95. The molecule has 0 saturated carbocycles. The molecule has 0 spiro atoms. The lowest BCUT2D eigenvalue weighted by Crippen LogP contribution is -2.46. The summed E-state index contributed by atoms with van der Waals surface area (Å²) >= 11 is 1.68. The molecule has 0 radical (unpaired) electrons. The number of carbonyl (C=O) groups is 1. The number of piperidine rings is 1. The Labute approximate surface area is 123 Å². The summed E-state index contributed by atoms with van der Waals surface area (Å²) < 4.78 is 12.7. The van der Waals surface area contributed by atoms with Gasteiger partial charge in [-0.15, -0.1) is 11.8 Å². The van der Waals surface area contributed by atoms with Gasteiger partial charge in [-0.25, -0.2) is 4.39 Å². The van der Waals surface area contributed by atoms with Crippen molar-refractivity contribution in [3.63, 3.8) is 0 Å². The molecule has 2 N–H and O–H groups in total. The Morgan fingerprint density at radius 2 is 2.15 bits per heavy atom. The fraction of sp³-hybridized carbons (Fsp3) is 0.533. The van der Waals surface area contributed by atoms with Crippen LogP contribution in [0.4, 0.5) is 4.39 Å². The molecule has 1 fully saturated rings. The van der Waals surface area contributed by atoms with E-state index in [1.165, 1.54) is 12.1 Å². The first kappa shape index (κ1) is 15.3. The zero-order valence-electron chi connectivity index (χ0n) is 11.5. The number of hydrogen-bond donors (Lipinski definition) is 2. The third-order valence-electron chi connectivity index (χ3n) is 3.33. The minimum Gasteiger partial charge on any atom is -0.355 e. The van der Waals surface area contributed by atoms with Crippen LogP contribution in [0.15, 0.2) is 29.2 Å². The molecule has 1 aliphatic rings. The fourth-order valence-corrected chi connectivity index (χ4v) is 3.06. The molecule has 1 heterocycles. The van der Waals surface area contributed by atoms with Gasteiger partial charge in [0.25, 0.3) is 0 Å². The predicted molar refractivity (Wildman–Crippen MR) is 80.4 cm³/mol. The average molecular weight is 296 g/mol. The first-order chi connectivity index (χ1) is 9.75. The molecule has 0 aromatic heterocycles. The van der Waals surface area contributed by atoms with Gasteiger partial charge in [0.15, 0.2) is 0 Å². The van der Waals surface area contributed by atoms with Crippen molar-refractivity contribution in [2.24, 2.45) is 0 Å². The molecular formula is C15H21FN2OS. The summed E-state index contributed by atoms with van der Waals surface area (Å²) in [4.78, 5) is 12.9. The van der Waals surface area contributed by atoms with E-state index in [1.807, 2.05) is 0 Å². The fourth-order valence-electron chi connectivity index (χ4n) is 2.20. The van der Waals surface area contributed by atoms with Crippen LogP contribution in [-0.2, 0) is 4.79 Å². The maximum atomic E-state index is 12.7. The summed E-state index contributed by atoms with van der Waals surface area (Å²) in [6.45, 7) is 1.64. The number of hydrogen-bond acceptors (Lipinski definition) is 3. The Bertz CT molecular complexity index is 418. The number of nitrogens with one attached hydrogen (secondary N) is 2. The molecule has 1 saturated heterocycles. The van der Waals surface area contributed by atoms with E-state index in [9.17, 15) is 9.18 Å². The summed E-state index contributed by atoms with van der Waals surface area (Å²) in [5.74, 6) is 0.836. The number of carbonyl (C=O) groups excluding carboxylic acids is 1. The molecule has 110 valence electrons. The van der Waals surface area contributed by atoms with Crippen molar-refractivity contribution < 1.29 is 9.18 Å². The lowest BCUT2D eigenvalue weighted by atomic mass is 10.0. The molecule has 1 amide bonds.